The van der Waals surface area contributed by atoms with Gasteiger partial charge in [0, 0.05) is 18.0 Å². The Hall–Kier alpha value is -1.94. The molecule has 1 aromatic heterocycles. The Labute approximate surface area is 113 Å². The second-order valence-electron chi connectivity index (χ2n) is 4.80. The number of rotatable bonds is 5. The van der Waals surface area contributed by atoms with Gasteiger partial charge in [0.15, 0.2) is 5.82 Å². The van der Waals surface area contributed by atoms with E-state index in [1.54, 1.807) is 12.4 Å². The largest absolute Gasteiger partial charge is 0.394 e. The Morgan fingerprint density at radius 2 is 1.79 bits per heavy atom. The van der Waals surface area contributed by atoms with Gasteiger partial charge in [0.2, 0.25) is 0 Å². The summed E-state index contributed by atoms with van der Waals surface area (Å²) in [5.74, 6) is 1.03. The van der Waals surface area contributed by atoms with Gasteiger partial charge in [-0.1, -0.05) is 44.2 Å². The lowest BCUT2D eigenvalue weighted by Gasteiger charge is -2.21. The van der Waals surface area contributed by atoms with Crippen molar-refractivity contribution in [2.75, 3.05) is 11.9 Å². The first-order chi connectivity index (χ1) is 9.22. The van der Waals surface area contributed by atoms with E-state index in [0.717, 1.165) is 11.3 Å². The zero-order valence-electron chi connectivity index (χ0n) is 11.2. The predicted molar refractivity (Wildman–Crippen MR) is 76.8 cm³/mol. The maximum Gasteiger partial charge on any atom is 0.152 e. The van der Waals surface area contributed by atoms with Crippen molar-refractivity contribution in [3.63, 3.8) is 0 Å². The molecule has 1 aromatic carbocycles. The molecule has 1 atom stereocenters. The molecular formula is C15H19N3O. The second-order valence-corrected chi connectivity index (χ2v) is 4.80. The Balaban J connectivity index is 2.32. The summed E-state index contributed by atoms with van der Waals surface area (Å²) in [6.07, 6.45) is 3.33. The van der Waals surface area contributed by atoms with Crippen LogP contribution >= 0.6 is 0 Å². The number of nitrogens with one attached hydrogen (secondary N) is 1. The lowest BCUT2D eigenvalue weighted by atomic mass is 10.0. The Morgan fingerprint density at radius 3 is 2.42 bits per heavy atom. The standard InChI is InChI=1S/C15H19N3O/c1-11(2)13(10-19)18-15-14(16-8-9-17-15)12-6-4-3-5-7-12/h3-9,11,13,19H,10H2,1-2H3,(H,17,18)/t13-/m0/s1. The van der Waals surface area contributed by atoms with Gasteiger partial charge in [0.25, 0.3) is 0 Å². The first kappa shape index (κ1) is 13.5. The first-order valence-electron chi connectivity index (χ1n) is 6.46. The van der Waals surface area contributed by atoms with Gasteiger partial charge in [-0.3, -0.25) is 4.98 Å². The van der Waals surface area contributed by atoms with E-state index >= 15 is 0 Å². The SMILES string of the molecule is CC(C)[C@H](CO)Nc1nccnc1-c1ccccc1. The molecule has 2 N–H and O–H groups in total. The van der Waals surface area contributed by atoms with E-state index in [2.05, 4.69) is 29.1 Å². The van der Waals surface area contributed by atoms with Gasteiger partial charge >= 0.3 is 0 Å². The molecule has 0 aliphatic heterocycles. The maximum atomic E-state index is 9.41. The van der Waals surface area contributed by atoms with Gasteiger partial charge in [-0.05, 0) is 5.92 Å². The number of aliphatic hydroxyl groups excluding tert-OH is 1. The van der Waals surface area contributed by atoms with Crippen LogP contribution in [0, 0.1) is 5.92 Å². The quantitative estimate of drug-likeness (QED) is 0.864. The third-order valence-electron chi connectivity index (χ3n) is 3.07. The summed E-state index contributed by atoms with van der Waals surface area (Å²) in [4.78, 5) is 8.73. The van der Waals surface area contributed by atoms with Crippen LogP contribution in [0.1, 0.15) is 13.8 Å². The number of anilines is 1. The van der Waals surface area contributed by atoms with Crippen molar-refractivity contribution in [2.45, 2.75) is 19.9 Å². The third-order valence-corrected chi connectivity index (χ3v) is 3.07. The zero-order chi connectivity index (χ0) is 13.7. The number of aromatic nitrogens is 2. The van der Waals surface area contributed by atoms with Crippen molar-refractivity contribution in [2.24, 2.45) is 5.92 Å². The van der Waals surface area contributed by atoms with E-state index in [0.29, 0.717) is 11.7 Å². The van der Waals surface area contributed by atoms with E-state index in [4.69, 9.17) is 0 Å². The molecule has 0 fully saturated rings. The molecule has 0 saturated heterocycles. The smallest absolute Gasteiger partial charge is 0.152 e. The Kier molecular flexibility index (Phi) is 4.47. The lowest BCUT2D eigenvalue weighted by Crippen LogP contribution is -2.30. The fourth-order valence-corrected chi connectivity index (χ4v) is 1.85. The molecule has 0 aliphatic rings. The van der Waals surface area contributed by atoms with E-state index in [1.165, 1.54) is 0 Å². The first-order valence-corrected chi connectivity index (χ1v) is 6.46. The van der Waals surface area contributed by atoms with Crippen molar-refractivity contribution in [3.8, 4) is 11.3 Å². The summed E-state index contributed by atoms with van der Waals surface area (Å²) in [6.45, 7) is 4.20. The normalized spacial score (nSPS) is 12.4. The van der Waals surface area contributed by atoms with Crippen molar-refractivity contribution in [3.05, 3.63) is 42.7 Å². The molecule has 2 aromatic rings. The van der Waals surface area contributed by atoms with E-state index in [1.807, 2.05) is 30.3 Å². The van der Waals surface area contributed by atoms with Crippen LogP contribution in [0.3, 0.4) is 0 Å². The molecule has 4 heteroatoms. The van der Waals surface area contributed by atoms with Crippen molar-refractivity contribution < 1.29 is 5.11 Å². The Bertz CT molecular complexity index is 514. The average Bonchev–Trinajstić information content (AvgIpc) is 2.45. The number of aliphatic hydroxyl groups is 1. The summed E-state index contributed by atoms with van der Waals surface area (Å²) < 4.78 is 0. The summed E-state index contributed by atoms with van der Waals surface area (Å²) >= 11 is 0. The highest BCUT2D eigenvalue weighted by Gasteiger charge is 2.15. The molecule has 0 aliphatic carbocycles. The molecule has 0 radical (unpaired) electrons. The van der Waals surface area contributed by atoms with E-state index in [-0.39, 0.29) is 12.6 Å². The van der Waals surface area contributed by atoms with Crippen LogP contribution in [0.5, 0.6) is 0 Å². The number of hydrogen-bond acceptors (Lipinski definition) is 4. The minimum Gasteiger partial charge on any atom is -0.394 e. The minimum absolute atomic E-state index is 0.0286. The summed E-state index contributed by atoms with van der Waals surface area (Å²) in [7, 11) is 0. The van der Waals surface area contributed by atoms with Gasteiger partial charge in [-0.2, -0.15) is 0 Å². The van der Waals surface area contributed by atoms with Crippen LogP contribution < -0.4 is 5.32 Å². The van der Waals surface area contributed by atoms with Gasteiger partial charge in [-0.25, -0.2) is 4.98 Å². The van der Waals surface area contributed by atoms with Gasteiger partial charge in [0.05, 0.1) is 12.6 Å². The third kappa shape index (κ3) is 3.29. The van der Waals surface area contributed by atoms with Crippen LogP contribution in [0.25, 0.3) is 11.3 Å². The maximum absolute atomic E-state index is 9.41. The molecule has 0 unspecified atom stereocenters. The molecule has 0 saturated carbocycles. The predicted octanol–water partition coefficient (Wildman–Crippen LogP) is 2.57. The molecule has 2 rings (SSSR count). The van der Waals surface area contributed by atoms with Crippen molar-refractivity contribution in [1.82, 2.24) is 9.97 Å². The van der Waals surface area contributed by atoms with Gasteiger partial charge in [-0.15, -0.1) is 0 Å². The van der Waals surface area contributed by atoms with Crippen molar-refractivity contribution >= 4 is 5.82 Å². The van der Waals surface area contributed by atoms with Crippen LogP contribution in [0.4, 0.5) is 5.82 Å². The summed E-state index contributed by atoms with van der Waals surface area (Å²) in [5, 5.41) is 12.7. The van der Waals surface area contributed by atoms with Gasteiger partial charge < -0.3 is 10.4 Å². The average molecular weight is 257 g/mol. The fourth-order valence-electron chi connectivity index (χ4n) is 1.85. The highest BCUT2D eigenvalue weighted by molar-refractivity contribution is 5.71. The summed E-state index contributed by atoms with van der Waals surface area (Å²) in [6, 6.07) is 9.88. The lowest BCUT2D eigenvalue weighted by molar-refractivity contribution is 0.249. The number of benzene rings is 1. The molecule has 19 heavy (non-hydrogen) atoms. The highest BCUT2D eigenvalue weighted by atomic mass is 16.3. The van der Waals surface area contributed by atoms with Crippen LogP contribution in [0.15, 0.2) is 42.7 Å². The molecule has 1 heterocycles. The molecule has 0 spiro atoms. The Morgan fingerprint density at radius 1 is 1.11 bits per heavy atom. The number of hydrogen-bond donors (Lipinski definition) is 2. The summed E-state index contributed by atoms with van der Waals surface area (Å²) in [5.41, 5.74) is 1.82. The van der Waals surface area contributed by atoms with E-state index < -0.39 is 0 Å². The fraction of sp³-hybridized carbons (Fsp3) is 0.333. The minimum atomic E-state index is -0.0286. The van der Waals surface area contributed by atoms with Crippen LogP contribution in [-0.4, -0.2) is 27.7 Å². The molecule has 0 amide bonds. The molecule has 100 valence electrons. The number of nitrogens with zero attached hydrogens (tertiary/aromatic N) is 2. The van der Waals surface area contributed by atoms with Crippen LogP contribution in [0.2, 0.25) is 0 Å². The van der Waals surface area contributed by atoms with Gasteiger partial charge in [0.1, 0.15) is 5.69 Å². The van der Waals surface area contributed by atoms with E-state index in [9.17, 15) is 5.11 Å². The topological polar surface area (TPSA) is 58.0 Å². The zero-order valence-corrected chi connectivity index (χ0v) is 11.2. The van der Waals surface area contributed by atoms with Crippen molar-refractivity contribution in [1.29, 1.82) is 0 Å². The highest BCUT2D eigenvalue weighted by Crippen LogP contribution is 2.24. The molecular weight excluding hydrogens is 238 g/mol. The van der Waals surface area contributed by atoms with Crippen LogP contribution in [-0.2, 0) is 0 Å². The molecule has 0 bridgehead atoms. The second kappa shape index (κ2) is 6.29. The monoisotopic (exact) mass is 257 g/mol. The molecule has 4 nitrogen and oxygen atoms in total.